The number of nitrogens with zero attached hydrogens (tertiary/aromatic N) is 1. The van der Waals surface area contributed by atoms with E-state index in [4.69, 9.17) is 11.6 Å². The Morgan fingerprint density at radius 1 is 1.45 bits per heavy atom. The number of carbonyl (C=O) groups excluding carboxylic acids is 1. The summed E-state index contributed by atoms with van der Waals surface area (Å²) in [7, 11) is 0. The largest absolute Gasteiger partial charge is 0.479 e. The summed E-state index contributed by atoms with van der Waals surface area (Å²) in [5.74, 6) is -1.15. The Morgan fingerprint density at radius 2 is 2.15 bits per heavy atom. The molecule has 1 aliphatic rings. The smallest absolute Gasteiger partial charge is 0.329 e. The molecule has 1 fully saturated rings. The molecule has 1 aromatic carbocycles. The molecule has 1 saturated heterocycles. The maximum atomic E-state index is 12.6. The minimum atomic E-state index is -1.06. The van der Waals surface area contributed by atoms with E-state index >= 15 is 0 Å². The Kier molecular flexibility index (Phi) is 4.04. The van der Waals surface area contributed by atoms with Crippen LogP contribution in [0.25, 0.3) is 0 Å². The van der Waals surface area contributed by atoms with Crippen LogP contribution in [0.4, 0.5) is 0 Å². The van der Waals surface area contributed by atoms with Crippen molar-refractivity contribution in [2.45, 2.75) is 38.6 Å². The highest BCUT2D eigenvalue weighted by atomic mass is 35.5. The minimum absolute atomic E-state index is 0.230. The summed E-state index contributed by atoms with van der Waals surface area (Å²) < 4.78 is 0. The Labute approximate surface area is 123 Å². The van der Waals surface area contributed by atoms with Gasteiger partial charge in [0.1, 0.15) is 5.54 Å². The molecular formula is C15H18ClNO3. The van der Waals surface area contributed by atoms with Crippen LogP contribution in [0.1, 0.15) is 42.1 Å². The first-order chi connectivity index (χ1) is 9.42. The molecule has 1 aliphatic heterocycles. The summed E-state index contributed by atoms with van der Waals surface area (Å²) in [6, 6.07) is 5.04. The van der Waals surface area contributed by atoms with Crippen LogP contribution in [0, 0.1) is 6.92 Å². The lowest BCUT2D eigenvalue weighted by atomic mass is 9.92. The molecule has 0 bridgehead atoms. The van der Waals surface area contributed by atoms with Gasteiger partial charge in [-0.05, 0) is 49.9 Å². The van der Waals surface area contributed by atoms with E-state index < -0.39 is 11.5 Å². The van der Waals surface area contributed by atoms with Gasteiger partial charge >= 0.3 is 5.97 Å². The number of halogens is 1. The average Bonchev–Trinajstić information content (AvgIpc) is 2.86. The maximum Gasteiger partial charge on any atom is 0.329 e. The quantitative estimate of drug-likeness (QED) is 0.932. The molecule has 2 rings (SSSR count). The lowest BCUT2D eigenvalue weighted by Gasteiger charge is -2.34. The van der Waals surface area contributed by atoms with E-state index in [1.54, 1.807) is 18.2 Å². The Morgan fingerprint density at radius 3 is 2.70 bits per heavy atom. The van der Waals surface area contributed by atoms with Crippen molar-refractivity contribution in [3.63, 3.8) is 0 Å². The number of amides is 1. The molecule has 1 heterocycles. The van der Waals surface area contributed by atoms with Crippen molar-refractivity contribution in [1.82, 2.24) is 4.90 Å². The second-order valence-electron chi connectivity index (χ2n) is 5.21. The van der Waals surface area contributed by atoms with Gasteiger partial charge in [0.25, 0.3) is 5.91 Å². The van der Waals surface area contributed by atoms with Crippen LogP contribution in [0.15, 0.2) is 18.2 Å². The number of aryl methyl sites for hydroxylation is 1. The summed E-state index contributed by atoms with van der Waals surface area (Å²) in [5, 5.41) is 10.1. The number of aliphatic carboxylic acids is 1. The zero-order chi connectivity index (χ0) is 14.9. The predicted molar refractivity (Wildman–Crippen MR) is 77.1 cm³/mol. The van der Waals surface area contributed by atoms with Crippen molar-refractivity contribution in [2.75, 3.05) is 6.54 Å². The van der Waals surface area contributed by atoms with Crippen LogP contribution in [-0.4, -0.2) is 34.0 Å². The van der Waals surface area contributed by atoms with Crippen molar-refractivity contribution in [2.24, 2.45) is 0 Å². The summed E-state index contributed by atoms with van der Waals surface area (Å²) in [6.45, 7) is 4.13. The Balaban J connectivity index is 2.36. The first kappa shape index (κ1) is 14.9. The van der Waals surface area contributed by atoms with Gasteiger partial charge in [0.15, 0.2) is 0 Å². The molecule has 0 aliphatic carbocycles. The topological polar surface area (TPSA) is 57.6 Å². The van der Waals surface area contributed by atoms with Crippen molar-refractivity contribution < 1.29 is 14.7 Å². The third-order valence-electron chi connectivity index (χ3n) is 4.12. The van der Waals surface area contributed by atoms with E-state index in [9.17, 15) is 14.7 Å². The number of hydrogen-bond acceptors (Lipinski definition) is 2. The highest BCUT2D eigenvalue weighted by Gasteiger charge is 2.48. The first-order valence-corrected chi connectivity index (χ1v) is 7.11. The van der Waals surface area contributed by atoms with Gasteiger partial charge in [0, 0.05) is 17.1 Å². The van der Waals surface area contributed by atoms with E-state index in [0.717, 1.165) is 12.0 Å². The number of likely N-dealkylation sites (tertiary alicyclic amines) is 1. The molecule has 0 radical (unpaired) electrons. The SMILES string of the molecule is CCC1(C(=O)O)CCCN1C(=O)c1ccc(Cl)c(C)c1. The number of carboxylic acid groups (broad SMARTS) is 1. The molecule has 0 saturated carbocycles. The van der Waals surface area contributed by atoms with Gasteiger partial charge in [-0.2, -0.15) is 0 Å². The number of carboxylic acids is 1. The number of hydrogen-bond donors (Lipinski definition) is 1. The molecular weight excluding hydrogens is 278 g/mol. The van der Waals surface area contributed by atoms with Crippen molar-refractivity contribution in [3.05, 3.63) is 34.3 Å². The molecule has 1 N–H and O–H groups in total. The zero-order valence-corrected chi connectivity index (χ0v) is 12.4. The van der Waals surface area contributed by atoms with Crippen LogP contribution in [0.5, 0.6) is 0 Å². The molecule has 4 nitrogen and oxygen atoms in total. The molecule has 20 heavy (non-hydrogen) atoms. The highest BCUT2D eigenvalue weighted by Crippen LogP contribution is 2.34. The standard InChI is InChI=1S/C15H18ClNO3/c1-3-15(14(19)20)7-4-8-17(15)13(18)11-5-6-12(16)10(2)9-11/h5-6,9H,3-4,7-8H2,1-2H3,(H,19,20). The van der Waals surface area contributed by atoms with Gasteiger partial charge in [0.2, 0.25) is 0 Å². The third kappa shape index (κ3) is 2.29. The van der Waals surface area contributed by atoms with E-state index in [1.807, 2.05) is 13.8 Å². The van der Waals surface area contributed by atoms with Crippen molar-refractivity contribution in [3.8, 4) is 0 Å². The fourth-order valence-corrected chi connectivity index (χ4v) is 2.97. The molecule has 1 unspecified atom stereocenters. The van der Waals surface area contributed by atoms with E-state index in [-0.39, 0.29) is 5.91 Å². The summed E-state index contributed by atoms with van der Waals surface area (Å²) in [6.07, 6.45) is 1.65. The fourth-order valence-electron chi connectivity index (χ4n) is 2.85. The maximum absolute atomic E-state index is 12.6. The monoisotopic (exact) mass is 295 g/mol. The lowest BCUT2D eigenvalue weighted by molar-refractivity contribution is -0.148. The molecule has 1 amide bonds. The van der Waals surface area contributed by atoms with Crippen molar-refractivity contribution >= 4 is 23.5 Å². The van der Waals surface area contributed by atoms with Crippen LogP contribution >= 0.6 is 11.6 Å². The lowest BCUT2D eigenvalue weighted by Crippen LogP contribution is -2.52. The first-order valence-electron chi connectivity index (χ1n) is 6.74. The van der Waals surface area contributed by atoms with Crippen LogP contribution in [0.3, 0.4) is 0 Å². The number of benzene rings is 1. The predicted octanol–water partition coefficient (Wildman–Crippen LogP) is 3.12. The van der Waals surface area contributed by atoms with Gasteiger partial charge in [-0.15, -0.1) is 0 Å². The second-order valence-corrected chi connectivity index (χ2v) is 5.62. The summed E-state index contributed by atoms with van der Waals surface area (Å²) in [5.41, 5.74) is 0.243. The van der Waals surface area contributed by atoms with Crippen LogP contribution in [-0.2, 0) is 4.79 Å². The van der Waals surface area contributed by atoms with Crippen LogP contribution in [0.2, 0.25) is 5.02 Å². The fraction of sp³-hybridized carbons (Fsp3) is 0.467. The molecule has 0 spiro atoms. The number of rotatable bonds is 3. The Hall–Kier alpha value is -1.55. The van der Waals surface area contributed by atoms with Crippen molar-refractivity contribution in [1.29, 1.82) is 0 Å². The summed E-state index contributed by atoms with van der Waals surface area (Å²) >= 11 is 5.96. The Bertz CT molecular complexity index is 558. The van der Waals surface area contributed by atoms with Gasteiger partial charge in [-0.25, -0.2) is 4.79 Å². The molecule has 1 aromatic rings. The minimum Gasteiger partial charge on any atom is -0.479 e. The van der Waals surface area contributed by atoms with E-state index in [0.29, 0.717) is 30.0 Å². The summed E-state index contributed by atoms with van der Waals surface area (Å²) in [4.78, 5) is 25.7. The zero-order valence-electron chi connectivity index (χ0n) is 11.6. The van der Waals surface area contributed by atoms with Crippen LogP contribution < -0.4 is 0 Å². The highest BCUT2D eigenvalue weighted by molar-refractivity contribution is 6.31. The van der Waals surface area contributed by atoms with Gasteiger partial charge < -0.3 is 10.0 Å². The molecule has 0 aromatic heterocycles. The molecule has 108 valence electrons. The molecule has 5 heteroatoms. The second kappa shape index (κ2) is 5.44. The normalized spacial score (nSPS) is 22.1. The van der Waals surface area contributed by atoms with Gasteiger partial charge in [-0.3, -0.25) is 4.79 Å². The third-order valence-corrected chi connectivity index (χ3v) is 4.55. The van der Waals surface area contributed by atoms with Gasteiger partial charge in [-0.1, -0.05) is 18.5 Å². The average molecular weight is 296 g/mol. The molecule has 1 atom stereocenters. The number of carbonyl (C=O) groups is 2. The van der Waals surface area contributed by atoms with E-state index in [2.05, 4.69) is 0 Å². The van der Waals surface area contributed by atoms with Gasteiger partial charge in [0.05, 0.1) is 0 Å². The van der Waals surface area contributed by atoms with E-state index in [1.165, 1.54) is 4.90 Å².